The molecule has 168 valence electrons. The quantitative estimate of drug-likeness (QED) is 0.629. The average Bonchev–Trinajstić information content (AvgIpc) is 2.84. The Hall–Kier alpha value is -1.54. The van der Waals surface area contributed by atoms with E-state index in [2.05, 4.69) is 0 Å². The molecule has 0 aromatic heterocycles. The van der Waals surface area contributed by atoms with Gasteiger partial charge in [-0.15, -0.1) is 0 Å². The summed E-state index contributed by atoms with van der Waals surface area (Å²) in [5.74, 6) is -0.817. The Bertz CT molecular complexity index is 752. The summed E-state index contributed by atoms with van der Waals surface area (Å²) in [4.78, 5) is 24.9. The molecule has 2 rings (SSSR count). The molecule has 0 bridgehead atoms. The second-order valence-corrected chi connectivity index (χ2v) is 9.13. The van der Waals surface area contributed by atoms with Crippen molar-refractivity contribution in [3.8, 4) is 0 Å². The highest BCUT2D eigenvalue weighted by Gasteiger charge is 2.40. The van der Waals surface area contributed by atoms with Gasteiger partial charge < -0.3 is 24.2 Å². The molecule has 0 unspecified atom stereocenters. The summed E-state index contributed by atoms with van der Waals surface area (Å²) in [7, 11) is 0. The summed E-state index contributed by atoms with van der Waals surface area (Å²) in [5, 5.41) is 10.5. The molecule has 3 atom stereocenters. The minimum Gasteiger partial charge on any atom is -0.465 e. The van der Waals surface area contributed by atoms with Crippen molar-refractivity contribution in [1.29, 1.82) is 0 Å². The van der Waals surface area contributed by atoms with Crippen molar-refractivity contribution in [3.05, 3.63) is 33.8 Å². The molecular formula is C21H29Cl2NO6. The number of nitrogens with zero attached hydrogens (tertiary/aromatic N) is 1. The van der Waals surface area contributed by atoms with E-state index in [-0.39, 0.29) is 50.3 Å². The molecule has 1 aromatic rings. The van der Waals surface area contributed by atoms with Crippen LogP contribution in [-0.2, 0) is 19.0 Å². The number of halogens is 2. The van der Waals surface area contributed by atoms with Gasteiger partial charge in [0.1, 0.15) is 6.61 Å². The van der Waals surface area contributed by atoms with Crippen molar-refractivity contribution in [3.63, 3.8) is 0 Å². The van der Waals surface area contributed by atoms with Gasteiger partial charge in [-0.1, -0.05) is 50.0 Å². The van der Waals surface area contributed by atoms with E-state index >= 15 is 0 Å². The average molecular weight is 462 g/mol. The van der Waals surface area contributed by atoms with E-state index < -0.39 is 18.2 Å². The van der Waals surface area contributed by atoms with Crippen LogP contribution < -0.4 is 0 Å². The second-order valence-electron chi connectivity index (χ2n) is 8.32. The Morgan fingerprint density at radius 1 is 1.23 bits per heavy atom. The SMILES string of the molecule is CCOC(=O)COC[C@H]1O[C@H](C(C)(C)C)CN(C(=O)O)C[C@@H]1c1ccc(Cl)c(Cl)c1. The third-order valence-electron chi connectivity index (χ3n) is 5.01. The summed E-state index contributed by atoms with van der Waals surface area (Å²) < 4.78 is 16.9. The van der Waals surface area contributed by atoms with Gasteiger partial charge in [0, 0.05) is 12.5 Å². The third-order valence-corrected chi connectivity index (χ3v) is 5.75. The molecule has 30 heavy (non-hydrogen) atoms. The maximum absolute atomic E-state index is 11.9. The lowest BCUT2D eigenvalue weighted by atomic mass is 9.88. The number of hydrogen-bond acceptors (Lipinski definition) is 5. The van der Waals surface area contributed by atoms with Gasteiger partial charge in [-0.2, -0.15) is 0 Å². The van der Waals surface area contributed by atoms with E-state index in [0.717, 1.165) is 5.56 Å². The minimum atomic E-state index is -1.02. The zero-order valence-corrected chi connectivity index (χ0v) is 19.2. The van der Waals surface area contributed by atoms with Crippen LogP contribution in [0.5, 0.6) is 0 Å². The van der Waals surface area contributed by atoms with Gasteiger partial charge in [-0.3, -0.25) is 0 Å². The smallest absolute Gasteiger partial charge is 0.407 e. The topological polar surface area (TPSA) is 85.3 Å². The maximum atomic E-state index is 11.9. The first-order valence-corrected chi connectivity index (χ1v) is 10.6. The van der Waals surface area contributed by atoms with Crippen LogP contribution in [0.2, 0.25) is 10.0 Å². The van der Waals surface area contributed by atoms with E-state index in [0.29, 0.717) is 10.0 Å². The predicted octanol–water partition coefficient (Wildman–Crippen LogP) is 4.45. The van der Waals surface area contributed by atoms with Crippen LogP contribution in [-0.4, -0.2) is 67.2 Å². The van der Waals surface area contributed by atoms with Gasteiger partial charge in [0.2, 0.25) is 0 Å². The summed E-state index contributed by atoms with van der Waals surface area (Å²) in [6, 6.07) is 5.19. The van der Waals surface area contributed by atoms with E-state index in [4.69, 9.17) is 37.4 Å². The molecular weight excluding hydrogens is 433 g/mol. The zero-order valence-electron chi connectivity index (χ0n) is 17.7. The molecule has 0 saturated carbocycles. The summed E-state index contributed by atoms with van der Waals surface area (Å²) in [6.45, 7) is 8.30. The molecule has 1 amide bonds. The molecule has 1 saturated heterocycles. The molecule has 1 aliphatic heterocycles. The van der Waals surface area contributed by atoms with Crippen LogP contribution in [0.15, 0.2) is 18.2 Å². The monoisotopic (exact) mass is 461 g/mol. The number of ether oxygens (including phenoxy) is 3. The molecule has 9 heteroatoms. The van der Waals surface area contributed by atoms with Crippen molar-refractivity contribution in [2.75, 3.05) is 32.9 Å². The van der Waals surface area contributed by atoms with Crippen LogP contribution in [0.4, 0.5) is 4.79 Å². The van der Waals surface area contributed by atoms with E-state index in [1.165, 1.54) is 4.90 Å². The van der Waals surface area contributed by atoms with Crippen LogP contribution in [0.1, 0.15) is 39.2 Å². The predicted molar refractivity (Wildman–Crippen MR) is 114 cm³/mol. The number of benzene rings is 1. The van der Waals surface area contributed by atoms with Gasteiger partial charge >= 0.3 is 12.1 Å². The van der Waals surface area contributed by atoms with Gasteiger partial charge in [0.15, 0.2) is 0 Å². The van der Waals surface area contributed by atoms with Crippen molar-refractivity contribution < 1.29 is 28.9 Å². The fourth-order valence-electron chi connectivity index (χ4n) is 3.29. The standard InChI is InChI=1S/C21H29Cl2NO6/c1-5-29-19(25)12-28-11-17-14(13-6-7-15(22)16(23)8-13)9-24(20(26)27)10-18(30-17)21(2,3)4/h6-8,14,17-18H,5,9-12H2,1-4H3,(H,26,27)/t14-,17-,18+/m1/s1. The number of amides is 1. The molecule has 1 fully saturated rings. The van der Waals surface area contributed by atoms with E-state index in [1.54, 1.807) is 25.1 Å². The van der Waals surface area contributed by atoms with Crippen LogP contribution >= 0.6 is 23.2 Å². The molecule has 0 radical (unpaired) electrons. The first-order chi connectivity index (χ1) is 14.0. The third kappa shape index (κ3) is 6.74. The lowest BCUT2D eigenvalue weighted by Crippen LogP contribution is -2.42. The molecule has 1 aromatic carbocycles. The van der Waals surface area contributed by atoms with Crippen molar-refractivity contribution >= 4 is 35.3 Å². The Morgan fingerprint density at radius 3 is 2.50 bits per heavy atom. The lowest BCUT2D eigenvalue weighted by molar-refractivity contribution is -0.151. The van der Waals surface area contributed by atoms with Gasteiger partial charge in [-0.25, -0.2) is 9.59 Å². The Kier molecular flexibility index (Phi) is 8.79. The fourth-order valence-corrected chi connectivity index (χ4v) is 3.60. The highest BCUT2D eigenvalue weighted by atomic mass is 35.5. The van der Waals surface area contributed by atoms with Crippen LogP contribution in [0.25, 0.3) is 0 Å². The van der Waals surface area contributed by atoms with Gasteiger partial charge in [-0.05, 0) is 30.0 Å². The number of carbonyl (C=O) groups is 2. The molecule has 7 nitrogen and oxygen atoms in total. The fraction of sp³-hybridized carbons (Fsp3) is 0.619. The Morgan fingerprint density at radius 2 is 1.93 bits per heavy atom. The first kappa shape index (κ1) is 24.7. The highest BCUT2D eigenvalue weighted by molar-refractivity contribution is 6.42. The molecule has 1 heterocycles. The van der Waals surface area contributed by atoms with Crippen molar-refractivity contribution in [2.45, 2.75) is 45.8 Å². The van der Waals surface area contributed by atoms with E-state index in [1.807, 2.05) is 20.8 Å². The normalized spacial score (nSPS) is 22.5. The van der Waals surface area contributed by atoms with Crippen molar-refractivity contribution in [2.24, 2.45) is 5.41 Å². The molecule has 1 aliphatic rings. The number of rotatable bonds is 6. The number of carboxylic acid groups (broad SMARTS) is 1. The van der Waals surface area contributed by atoms with Gasteiger partial charge in [0.05, 0.1) is 42.0 Å². The van der Waals surface area contributed by atoms with Crippen LogP contribution in [0.3, 0.4) is 0 Å². The number of hydrogen-bond donors (Lipinski definition) is 1. The number of carbonyl (C=O) groups excluding carboxylic acids is 1. The summed E-state index contributed by atoms with van der Waals surface area (Å²) in [5.41, 5.74) is 0.481. The molecule has 0 aliphatic carbocycles. The first-order valence-electron chi connectivity index (χ1n) is 9.84. The lowest BCUT2D eigenvalue weighted by Gasteiger charge is -2.34. The number of esters is 1. The van der Waals surface area contributed by atoms with Crippen molar-refractivity contribution in [1.82, 2.24) is 4.90 Å². The Balaban J connectivity index is 2.33. The highest BCUT2D eigenvalue weighted by Crippen LogP contribution is 2.35. The largest absolute Gasteiger partial charge is 0.465 e. The second kappa shape index (κ2) is 10.7. The minimum absolute atomic E-state index is 0.101. The van der Waals surface area contributed by atoms with Crippen LogP contribution in [0, 0.1) is 5.41 Å². The summed E-state index contributed by atoms with van der Waals surface area (Å²) in [6.07, 6.45) is -1.88. The zero-order chi connectivity index (χ0) is 22.5. The maximum Gasteiger partial charge on any atom is 0.407 e. The Labute approximate surface area is 187 Å². The van der Waals surface area contributed by atoms with Gasteiger partial charge in [0.25, 0.3) is 0 Å². The van der Waals surface area contributed by atoms with E-state index in [9.17, 15) is 14.7 Å². The molecule has 1 N–H and O–H groups in total. The molecule has 0 spiro atoms. The summed E-state index contributed by atoms with van der Waals surface area (Å²) >= 11 is 12.3.